The minimum Gasteiger partial charge on any atom is -0.380 e. The van der Waals surface area contributed by atoms with Crippen molar-refractivity contribution in [2.45, 2.75) is 38.6 Å². The Morgan fingerprint density at radius 1 is 1.25 bits per heavy atom. The van der Waals surface area contributed by atoms with E-state index in [1.807, 2.05) is 6.92 Å². The van der Waals surface area contributed by atoms with Gasteiger partial charge in [-0.2, -0.15) is 0 Å². The molecule has 3 nitrogen and oxygen atoms in total. The number of ether oxygens (including phenoxy) is 1. The fourth-order valence-electron chi connectivity index (χ4n) is 1.95. The molecule has 0 spiro atoms. The smallest absolute Gasteiger partial charge is 0.0686 e. The standard InChI is InChI=1S/C13H24N2O/c1-2-6-13(14)7-11-16-12-10-15-8-4-3-5-9-15/h13H,3-5,7-12,14H2,1H3. The van der Waals surface area contributed by atoms with Crippen LogP contribution in [0, 0.1) is 11.8 Å². The molecule has 0 amide bonds. The van der Waals surface area contributed by atoms with Gasteiger partial charge in [0.25, 0.3) is 0 Å². The average molecular weight is 224 g/mol. The van der Waals surface area contributed by atoms with Crippen LogP contribution in [-0.4, -0.2) is 43.8 Å². The second kappa shape index (κ2) is 8.58. The molecule has 16 heavy (non-hydrogen) atoms. The second-order valence-electron chi connectivity index (χ2n) is 4.30. The van der Waals surface area contributed by atoms with Gasteiger partial charge in [-0.05, 0) is 39.3 Å². The largest absolute Gasteiger partial charge is 0.380 e. The van der Waals surface area contributed by atoms with Gasteiger partial charge in [0.1, 0.15) is 0 Å². The zero-order valence-corrected chi connectivity index (χ0v) is 10.4. The summed E-state index contributed by atoms with van der Waals surface area (Å²) in [5.74, 6) is 5.74. The number of hydrogen-bond acceptors (Lipinski definition) is 3. The molecule has 0 radical (unpaired) electrons. The average Bonchev–Trinajstić information content (AvgIpc) is 2.30. The maximum atomic E-state index is 5.75. The van der Waals surface area contributed by atoms with E-state index in [0.717, 1.165) is 26.2 Å². The van der Waals surface area contributed by atoms with Crippen LogP contribution >= 0.6 is 0 Å². The first-order valence-electron chi connectivity index (χ1n) is 6.31. The Hall–Kier alpha value is -0.560. The topological polar surface area (TPSA) is 38.5 Å². The Labute approximate surface area is 99.3 Å². The molecule has 92 valence electrons. The van der Waals surface area contributed by atoms with Crippen molar-refractivity contribution in [2.24, 2.45) is 5.73 Å². The maximum Gasteiger partial charge on any atom is 0.0686 e. The quantitative estimate of drug-likeness (QED) is 0.545. The summed E-state index contributed by atoms with van der Waals surface area (Å²) < 4.78 is 5.56. The third kappa shape index (κ3) is 6.12. The fraction of sp³-hybridized carbons (Fsp3) is 0.846. The maximum absolute atomic E-state index is 5.75. The fourth-order valence-corrected chi connectivity index (χ4v) is 1.95. The van der Waals surface area contributed by atoms with Crippen molar-refractivity contribution in [1.82, 2.24) is 4.90 Å². The predicted molar refractivity (Wildman–Crippen MR) is 67.2 cm³/mol. The van der Waals surface area contributed by atoms with E-state index in [4.69, 9.17) is 10.5 Å². The molecule has 0 bridgehead atoms. The van der Waals surface area contributed by atoms with Crippen LogP contribution in [0.15, 0.2) is 0 Å². The molecule has 3 heteroatoms. The van der Waals surface area contributed by atoms with Crippen molar-refractivity contribution in [2.75, 3.05) is 32.8 Å². The molecule has 1 saturated heterocycles. The van der Waals surface area contributed by atoms with Crippen molar-refractivity contribution >= 4 is 0 Å². The van der Waals surface area contributed by atoms with E-state index >= 15 is 0 Å². The van der Waals surface area contributed by atoms with Gasteiger partial charge < -0.3 is 15.4 Å². The number of nitrogens with two attached hydrogens (primary N) is 1. The highest BCUT2D eigenvalue weighted by atomic mass is 16.5. The van der Waals surface area contributed by atoms with Crippen molar-refractivity contribution in [3.05, 3.63) is 0 Å². The van der Waals surface area contributed by atoms with Gasteiger partial charge in [-0.25, -0.2) is 0 Å². The van der Waals surface area contributed by atoms with Gasteiger partial charge in [0.15, 0.2) is 0 Å². The molecule has 1 unspecified atom stereocenters. The highest BCUT2D eigenvalue weighted by molar-refractivity contribution is 5.03. The van der Waals surface area contributed by atoms with Gasteiger partial charge in [-0.1, -0.05) is 12.3 Å². The van der Waals surface area contributed by atoms with Crippen molar-refractivity contribution < 1.29 is 4.74 Å². The molecule has 0 aromatic heterocycles. The second-order valence-corrected chi connectivity index (χ2v) is 4.30. The van der Waals surface area contributed by atoms with Gasteiger partial charge >= 0.3 is 0 Å². The summed E-state index contributed by atoms with van der Waals surface area (Å²) in [6, 6.07) is -0.0278. The highest BCUT2D eigenvalue weighted by Gasteiger charge is 2.08. The Kier molecular flexibility index (Phi) is 7.24. The molecule has 1 aliphatic rings. The molecule has 1 heterocycles. The minimum atomic E-state index is -0.0278. The van der Waals surface area contributed by atoms with E-state index in [1.165, 1.54) is 32.4 Å². The Balaban J connectivity index is 1.92. The van der Waals surface area contributed by atoms with Crippen LogP contribution in [0.4, 0.5) is 0 Å². The number of rotatable bonds is 6. The molecule has 0 aliphatic carbocycles. The number of piperidine rings is 1. The van der Waals surface area contributed by atoms with E-state index in [9.17, 15) is 0 Å². The van der Waals surface area contributed by atoms with Crippen LogP contribution in [0.2, 0.25) is 0 Å². The SMILES string of the molecule is CC#CC(N)CCOCCN1CCCCC1. The molecule has 0 aromatic carbocycles. The predicted octanol–water partition coefficient (Wildman–Crippen LogP) is 1.23. The third-order valence-electron chi connectivity index (χ3n) is 2.90. The lowest BCUT2D eigenvalue weighted by Crippen LogP contribution is -2.33. The van der Waals surface area contributed by atoms with Crippen LogP contribution < -0.4 is 5.73 Å². The summed E-state index contributed by atoms with van der Waals surface area (Å²) in [6.07, 6.45) is 4.91. The summed E-state index contributed by atoms with van der Waals surface area (Å²) in [5, 5.41) is 0. The van der Waals surface area contributed by atoms with Crippen LogP contribution in [-0.2, 0) is 4.74 Å². The molecule has 0 aromatic rings. The van der Waals surface area contributed by atoms with Crippen molar-refractivity contribution in [1.29, 1.82) is 0 Å². The minimum absolute atomic E-state index is 0.0278. The molecule has 2 N–H and O–H groups in total. The van der Waals surface area contributed by atoms with E-state index in [2.05, 4.69) is 16.7 Å². The third-order valence-corrected chi connectivity index (χ3v) is 2.90. The first-order chi connectivity index (χ1) is 7.83. The zero-order chi connectivity index (χ0) is 11.6. The monoisotopic (exact) mass is 224 g/mol. The van der Waals surface area contributed by atoms with Gasteiger partial charge in [-0.3, -0.25) is 0 Å². The lowest BCUT2D eigenvalue weighted by atomic mass is 10.1. The van der Waals surface area contributed by atoms with Crippen LogP contribution in [0.1, 0.15) is 32.6 Å². The van der Waals surface area contributed by atoms with Crippen molar-refractivity contribution in [3.63, 3.8) is 0 Å². The first kappa shape index (κ1) is 13.5. The van der Waals surface area contributed by atoms with E-state index in [0.29, 0.717) is 0 Å². The molecule has 1 atom stereocenters. The first-order valence-corrected chi connectivity index (χ1v) is 6.31. The summed E-state index contributed by atoms with van der Waals surface area (Å²) >= 11 is 0. The van der Waals surface area contributed by atoms with Gasteiger partial charge in [0.2, 0.25) is 0 Å². The van der Waals surface area contributed by atoms with Crippen LogP contribution in [0.5, 0.6) is 0 Å². The van der Waals surface area contributed by atoms with Gasteiger partial charge in [0, 0.05) is 13.2 Å². The Bertz CT molecular complexity index is 226. The summed E-state index contributed by atoms with van der Waals surface area (Å²) in [4.78, 5) is 2.48. The Morgan fingerprint density at radius 3 is 2.69 bits per heavy atom. The van der Waals surface area contributed by atoms with Gasteiger partial charge in [0.05, 0.1) is 12.6 Å². The molecule has 0 saturated carbocycles. The molecule has 1 rings (SSSR count). The lowest BCUT2D eigenvalue weighted by molar-refractivity contribution is 0.0940. The number of hydrogen-bond donors (Lipinski definition) is 1. The zero-order valence-electron chi connectivity index (χ0n) is 10.4. The van der Waals surface area contributed by atoms with Gasteiger partial charge in [-0.15, -0.1) is 5.92 Å². The molecule has 1 fully saturated rings. The number of nitrogens with zero attached hydrogens (tertiary/aromatic N) is 1. The molecule has 1 aliphatic heterocycles. The normalized spacial score (nSPS) is 18.9. The number of likely N-dealkylation sites (tertiary alicyclic amines) is 1. The summed E-state index contributed by atoms with van der Waals surface area (Å²) in [6.45, 7) is 6.91. The summed E-state index contributed by atoms with van der Waals surface area (Å²) in [5.41, 5.74) is 5.75. The van der Waals surface area contributed by atoms with E-state index in [1.54, 1.807) is 0 Å². The molecular formula is C13H24N2O. The lowest BCUT2D eigenvalue weighted by Gasteiger charge is -2.26. The summed E-state index contributed by atoms with van der Waals surface area (Å²) in [7, 11) is 0. The van der Waals surface area contributed by atoms with Crippen LogP contribution in [0.25, 0.3) is 0 Å². The highest BCUT2D eigenvalue weighted by Crippen LogP contribution is 2.07. The van der Waals surface area contributed by atoms with E-state index in [-0.39, 0.29) is 6.04 Å². The molecular weight excluding hydrogens is 200 g/mol. The van der Waals surface area contributed by atoms with Crippen molar-refractivity contribution in [3.8, 4) is 11.8 Å². The van der Waals surface area contributed by atoms with E-state index < -0.39 is 0 Å². The Morgan fingerprint density at radius 2 is 2.00 bits per heavy atom. The van der Waals surface area contributed by atoms with Crippen LogP contribution in [0.3, 0.4) is 0 Å².